The van der Waals surface area contributed by atoms with Crippen LogP contribution >= 0.6 is 11.6 Å². The molecule has 6 heteroatoms. The first-order chi connectivity index (χ1) is 9.86. The van der Waals surface area contributed by atoms with Gasteiger partial charge in [-0.1, -0.05) is 37.4 Å². The Bertz CT molecular complexity index is 596. The maximum Gasteiger partial charge on any atom is 0.242 e. The highest BCUT2D eigenvalue weighted by Gasteiger charge is 2.30. The van der Waals surface area contributed by atoms with E-state index in [9.17, 15) is 8.42 Å². The predicted octanol–water partition coefficient (Wildman–Crippen LogP) is 2.92. The summed E-state index contributed by atoms with van der Waals surface area (Å²) in [6, 6.07) is 5.11. The Morgan fingerprint density at radius 1 is 1.29 bits per heavy atom. The Balaban J connectivity index is 2.16. The van der Waals surface area contributed by atoms with E-state index in [2.05, 4.69) is 17.0 Å². The molecule has 0 saturated heterocycles. The molecular weight excluding hydrogens is 308 g/mol. The van der Waals surface area contributed by atoms with E-state index in [-0.39, 0.29) is 15.3 Å². The van der Waals surface area contributed by atoms with Gasteiger partial charge in [0, 0.05) is 13.1 Å². The second-order valence-corrected chi connectivity index (χ2v) is 8.28. The fourth-order valence-corrected chi connectivity index (χ4v) is 4.57. The molecule has 0 unspecified atom stereocenters. The van der Waals surface area contributed by atoms with Gasteiger partial charge in [0.05, 0.1) is 5.02 Å². The van der Waals surface area contributed by atoms with Gasteiger partial charge in [-0.2, -0.15) is 0 Å². The van der Waals surface area contributed by atoms with E-state index in [1.165, 1.54) is 12.8 Å². The molecule has 1 fully saturated rings. The maximum absolute atomic E-state index is 12.5. The van der Waals surface area contributed by atoms with Gasteiger partial charge < -0.3 is 5.32 Å². The average Bonchev–Trinajstić information content (AvgIpc) is 2.87. The van der Waals surface area contributed by atoms with Gasteiger partial charge >= 0.3 is 0 Å². The van der Waals surface area contributed by atoms with Gasteiger partial charge in [-0.25, -0.2) is 13.1 Å². The monoisotopic (exact) mass is 330 g/mol. The van der Waals surface area contributed by atoms with E-state index in [1.807, 2.05) is 13.1 Å². The first kappa shape index (κ1) is 16.7. The summed E-state index contributed by atoms with van der Waals surface area (Å²) in [5.74, 6) is 0. The molecule has 1 aromatic carbocycles. The lowest BCUT2D eigenvalue weighted by molar-refractivity contribution is 0.336. The molecule has 1 aliphatic rings. The van der Waals surface area contributed by atoms with Crippen LogP contribution in [0.3, 0.4) is 0 Å². The zero-order valence-corrected chi connectivity index (χ0v) is 14.1. The summed E-state index contributed by atoms with van der Waals surface area (Å²) >= 11 is 6.07. The van der Waals surface area contributed by atoms with Crippen LogP contribution < -0.4 is 10.0 Å². The third-order valence-electron chi connectivity index (χ3n) is 4.17. The molecule has 0 heterocycles. The Morgan fingerprint density at radius 2 is 1.95 bits per heavy atom. The van der Waals surface area contributed by atoms with E-state index >= 15 is 0 Å². The SMILES string of the molecule is CNCc1ccc(Cl)c(S(=O)(=O)NCC2(C)CCCC2)c1. The molecule has 0 radical (unpaired) electrons. The highest BCUT2D eigenvalue weighted by atomic mass is 35.5. The fourth-order valence-electron chi connectivity index (χ4n) is 2.82. The second-order valence-electron chi connectivity index (χ2n) is 6.14. The molecule has 1 aromatic rings. The molecule has 118 valence electrons. The molecule has 0 aliphatic heterocycles. The third kappa shape index (κ3) is 4.19. The summed E-state index contributed by atoms with van der Waals surface area (Å²) in [4.78, 5) is 0.165. The third-order valence-corrected chi connectivity index (χ3v) is 6.05. The van der Waals surface area contributed by atoms with Crippen molar-refractivity contribution in [2.45, 2.75) is 44.0 Å². The lowest BCUT2D eigenvalue weighted by atomic mass is 9.89. The standard InChI is InChI=1S/C15H23ClN2O2S/c1-15(7-3-4-8-15)11-18-21(19,20)14-9-12(10-17-2)5-6-13(14)16/h5-6,9,17-18H,3-4,7-8,10-11H2,1-2H3. The second kappa shape index (κ2) is 6.65. The van der Waals surface area contributed by atoms with Crippen molar-refractivity contribution >= 4 is 21.6 Å². The van der Waals surface area contributed by atoms with E-state index < -0.39 is 10.0 Å². The number of hydrogen-bond acceptors (Lipinski definition) is 3. The van der Waals surface area contributed by atoms with Crippen molar-refractivity contribution in [3.8, 4) is 0 Å². The molecular formula is C15H23ClN2O2S. The Morgan fingerprint density at radius 3 is 2.57 bits per heavy atom. The van der Waals surface area contributed by atoms with Crippen molar-refractivity contribution in [1.29, 1.82) is 0 Å². The number of hydrogen-bond donors (Lipinski definition) is 2. The molecule has 0 atom stereocenters. The highest BCUT2D eigenvalue weighted by Crippen LogP contribution is 2.37. The van der Waals surface area contributed by atoms with Crippen molar-refractivity contribution < 1.29 is 8.42 Å². The smallest absolute Gasteiger partial charge is 0.242 e. The highest BCUT2D eigenvalue weighted by molar-refractivity contribution is 7.89. The van der Waals surface area contributed by atoms with Crippen LogP contribution in [0.15, 0.2) is 23.1 Å². The largest absolute Gasteiger partial charge is 0.316 e. The summed E-state index contributed by atoms with van der Waals surface area (Å²) in [6.07, 6.45) is 4.50. The van der Waals surface area contributed by atoms with Gasteiger partial charge in [0.2, 0.25) is 10.0 Å². The van der Waals surface area contributed by atoms with Gasteiger partial charge in [0.1, 0.15) is 4.90 Å². The van der Waals surface area contributed by atoms with Gasteiger partial charge in [-0.15, -0.1) is 0 Å². The lowest BCUT2D eigenvalue weighted by Crippen LogP contribution is -2.34. The van der Waals surface area contributed by atoms with Crippen LogP contribution in [-0.2, 0) is 16.6 Å². The minimum absolute atomic E-state index is 0.0716. The van der Waals surface area contributed by atoms with Crippen LogP contribution in [0.25, 0.3) is 0 Å². The van der Waals surface area contributed by atoms with Gasteiger partial charge in [-0.05, 0) is 43.0 Å². The Labute approximate surface area is 132 Å². The fraction of sp³-hybridized carbons (Fsp3) is 0.600. The minimum Gasteiger partial charge on any atom is -0.316 e. The van der Waals surface area contributed by atoms with Crippen LogP contribution in [0, 0.1) is 5.41 Å². The summed E-state index contributed by atoms with van der Waals surface area (Å²) in [7, 11) is -1.75. The van der Waals surface area contributed by atoms with E-state index in [4.69, 9.17) is 11.6 Å². The molecule has 1 saturated carbocycles. The molecule has 0 aromatic heterocycles. The van der Waals surface area contributed by atoms with Gasteiger partial charge in [-0.3, -0.25) is 0 Å². The molecule has 21 heavy (non-hydrogen) atoms. The van der Waals surface area contributed by atoms with E-state index in [1.54, 1.807) is 12.1 Å². The zero-order valence-electron chi connectivity index (χ0n) is 12.6. The Hall–Kier alpha value is -0.620. The molecule has 0 spiro atoms. The summed E-state index contributed by atoms with van der Waals surface area (Å²) < 4.78 is 27.7. The summed E-state index contributed by atoms with van der Waals surface area (Å²) in [5.41, 5.74) is 0.969. The number of nitrogens with one attached hydrogen (secondary N) is 2. The van der Waals surface area contributed by atoms with Crippen LogP contribution in [0.5, 0.6) is 0 Å². The normalized spacial score (nSPS) is 18.0. The first-order valence-electron chi connectivity index (χ1n) is 7.29. The van der Waals surface area contributed by atoms with Crippen molar-refractivity contribution in [3.63, 3.8) is 0 Å². The molecule has 2 rings (SSSR count). The zero-order chi connectivity index (χ0) is 15.5. The van der Waals surface area contributed by atoms with Crippen LogP contribution in [0.1, 0.15) is 38.2 Å². The quantitative estimate of drug-likeness (QED) is 0.843. The maximum atomic E-state index is 12.5. The van der Waals surface area contributed by atoms with Gasteiger partial charge in [0.15, 0.2) is 0 Å². The van der Waals surface area contributed by atoms with E-state index in [0.29, 0.717) is 13.1 Å². The number of benzene rings is 1. The van der Waals surface area contributed by atoms with Crippen molar-refractivity contribution in [2.75, 3.05) is 13.6 Å². The Kier molecular flexibility index (Phi) is 5.30. The lowest BCUT2D eigenvalue weighted by Gasteiger charge is -2.23. The average molecular weight is 331 g/mol. The van der Waals surface area contributed by atoms with Crippen LogP contribution in [0.2, 0.25) is 5.02 Å². The number of halogens is 1. The van der Waals surface area contributed by atoms with Crippen molar-refractivity contribution in [3.05, 3.63) is 28.8 Å². The minimum atomic E-state index is -3.57. The molecule has 0 bridgehead atoms. The molecule has 4 nitrogen and oxygen atoms in total. The number of sulfonamides is 1. The number of rotatable bonds is 6. The van der Waals surface area contributed by atoms with Crippen LogP contribution in [-0.4, -0.2) is 22.0 Å². The summed E-state index contributed by atoms with van der Waals surface area (Å²) in [5, 5.41) is 3.27. The summed E-state index contributed by atoms with van der Waals surface area (Å²) in [6.45, 7) is 3.22. The predicted molar refractivity (Wildman–Crippen MR) is 86.0 cm³/mol. The van der Waals surface area contributed by atoms with Crippen molar-refractivity contribution in [1.82, 2.24) is 10.0 Å². The molecule has 2 N–H and O–H groups in total. The van der Waals surface area contributed by atoms with Crippen molar-refractivity contribution in [2.24, 2.45) is 5.41 Å². The van der Waals surface area contributed by atoms with E-state index in [0.717, 1.165) is 18.4 Å². The molecule has 0 amide bonds. The van der Waals surface area contributed by atoms with Crippen LogP contribution in [0.4, 0.5) is 0 Å². The molecule has 1 aliphatic carbocycles. The first-order valence-corrected chi connectivity index (χ1v) is 9.15. The topological polar surface area (TPSA) is 58.2 Å². The van der Waals surface area contributed by atoms with Gasteiger partial charge in [0.25, 0.3) is 0 Å².